The molecule has 0 radical (unpaired) electrons. The molecule has 1 amide bonds. The monoisotopic (exact) mass is 333 g/mol. The van der Waals surface area contributed by atoms with Gasteiger partial charge in [-0.25, -0.2) is 0 Å². The van der Waals surface area contributed by atoms with Gasteiger partial charge in [0.2, 0.25) is 0 Å². The lowest BCUT2D eigenvalue weighted by Gasteiger charge is -2.28. The maximum absolute atomic E-state index is 12.0. The maximum atomic E-state index is 12.0. The van der Waals surface area contributed by atoms with Crippen LogP contribution in [0.5, 0.6) is 0 Å². The van der Waals surface area contributed by atoms with Crippen molar-refractivity contribution in [1.29, 1.82) is 0 Å². The third kappa shape index (κ3) is 6.12. The first-order valence-electron chi connectivity index (χ1n) is 6.98. The minimum atomic E-state index is -0.0639. The fraction of sp³-hybridized carbons (Fsp3) is 0.533. The van der Waals surface area contributed by atoms with Crippen LogP contribution in [0.15, 0.2) is 24.3 Å². The van der Waals surface area contributed by atoms with Crippen molar-refractivity contribution in [3.8, 4) is 0 Å². The van der Waals surface area contributed by atoms with Crippen molar-refractivity contribution in [2.75, 3.05) is 32.4 Å². The zero-order chi connectivity index (χ0) is 13.7. The molecule has 1 aromatic carbocycles. The number of nitrogens with two attached hydrogens (primary N) is 1. The standard InChI is InChI=1S/C15H23N3O.2ClH/c1-18-10-7-12(8-11-18)6-9-17-15(19)13-4-2-3-5-14(13)16;;/h2-5,12H,6-11,16H2,1H3,(H,17,19);2*1H. The summed E-state index contributed by atoms with van der Waals surface area (Å²) in [5.74, 6) is 0.677. The number of carbonyl (C=O) groups is 1. The predicted octanol–water partition coefficient (Wildman–Crippen LogP) is 2.57. The predicted molar refractivity (Wildman–Crippen MR) is 92.5 cm³/mol. The Morgan fingerprint density at radius 2 is 1.90 bits per heavy atom. The Balaban J connectivity index is 0.00000200. The van der Waals surface area contributed by atoms with E-state index in [0.717, 1.165) is 18.9 Å². The zero-order valence-corrected chi connectivity index (χ0v) is 14.0. The van der Waals surface area contributed by atoms with Gasteiger partial charge >= 0.3 is 0 Å². The lowest BCUT2D eigenvalue weighted by molar-refractivity contribution is 0.0950. The van der Waals surface area contributed by atoms with E-state index in [2.05, 4.69) is 17.3 Å². The highest BCUT2D eigenvalue weighted by Crippen LogP contribution is 2.18. The van der Waals surface area contributed by atoms with Crippen molar-refractivity contribution >= 4 is 36.4 Å². The van der Waals surface area contributed by atoms with E-state index in [9.17, 15) is 4.79 Å². The van der Waals surface area contributed by atoms with Crippen molar-refractivity contribution in [1.82, 2.24) is 10.2 Å². The summed E-state index contributed by atoms with van der Waals surface area (Å²) in [5, 5.41) is 2.97. The molecule has 0 spiro atoms. The van der Waals surface area contributed by atoms with Gasteiger partial charge in [-0.1, -0.05) is 12.1 Å². The van der Waals surface area contributed by atoms with E-state index in [4.69, 9.17) is 5.73 Å². The summed E-state index contributed by atoms with van der Waals surface area (Å²) in [6, 6.07) is 7.19. The van der Waals surface area contributed by atoms with E-state index in [1.54, 1.807) is 12.1 Å². The Labute approximate surface area is 139 Å². The van der Waals surface area contributed by atoms with Crippen LogP contribution in [0.3, 0.4) is 0 Å². The van der Waals surface area contributed by atoms with Crippen LogP contribution in [-0.2, 0) is 0 Å². The summed E-state index contributed by atoms with van der Waals surface area (Å²) < 4.78 is 0. The van der Waals surface area contributed by atoms with Gasteiger partial charge in [0.25, 0.3) is 5.91 Å². The Morgan fingerprint density at radius 3 is 2.52 bits per heavy atom. The highest BCUT2D eigenvalue weighted by molar-refractivity contribution is 5.99. The highest BCUT2D eigenvalue weighted by atomic mass is 35.5. The summed E-state index contributed by atoms with van der Waals surface area (Å²) in [5.41, 5.74) is 6.90. The van der Waals surface area contributed by atoms with E-state index in [-0.39, 0.29) is 30.7 Å². The zero-order valence-electron chi connectivity index (χ0n) is 12.4. The second kappa shape index (κ2) is 9.87. The van der Waals surface area contributed by atoms with Crippen molar-refractivity contribution in [2.45, 2.75) is 19.3 Å². The van der Waals surface area contributed by atoms with Gasteiger partial charge in [0.1, 0.15) is 0 Å². The first-order valence-corrected chi connectivity index (χ1v) is 6.98. The van der Waals surface area contributed by atoms with Gasteiger partial charge in [-0.3, -0.25) is 4.79 Å². The van der Waals surface area contributed by atoms with Gasteiger partial charge in [0.05, 0.1) is 5.56 Å². The number of para-hydroxylation sites is 1. The maximum Gasteiger partial charge on any atom is 0.253 e. The van der Waals surface area contributed by atoms with Crippen molar-refractivity contribution < 1.29 is 4.79 Å². The van der Waals surface area contributed by atoms with Crippen LogP contribution in [0, 0.1) is 5.92 Å². The Kier molecular flexibility index (Phi) is 9.42. The molecular weight excluding hydrogens is 309 g/mol. The average Bonchev–Trinajstić information content (AvgIpc) is 2.41. The molecule has 1 aliphatic rings. The van der Waals surface area contributed by atoms with Gasteiger partial charge < -0.3 is 16.0 Å². The normalized spacial score (nSPS) is 15.7. The van der Waals surface area contributed by atoms with Gasteiger partial charge in [-0.15, -0.1) is 24.8 Å². The van der Waals surface area contributed by atoms with Crippen LogP contribution in [0.1, 0.15) is 29.6 Å². The van der Waals surface area contributed by atoms with Crippen molar-refractivity contribution in [3.05, 3.63) is 29.8 Å². The minimum absolute atomic E-state index is 0. The summed E-state index contributed by atoms with van der Waals surface area (Å²) >= 11 is 0. The molecule has 0 saturated carbocycles. The number of hydrogen-bond donors (Lipinski definition) is 2. The van der Waals surface area contributed by atoms with Crippen molar-refractivity contribution in [2.24, 2.45) is 5.92 Å². The number of nitrogens with zero attached hydrogens (tertiary/aromatic N) is 1. The van der Waals surface area contributed by atoms with E-state index >= 15 is 0 Å². The number of carbonyl (C=O) groups excluding carboxylic acids is 1. The smallest absolute Gasteiger partial charge is 0.253 e. The molecule has 0 bridgehead atoms. The molecule has 0 aliphatic carbocycles. The van der Waals surface area contributed by atoms with E-state index in [0.29, 0.717) is 11.3 Å². The number of nitrogens with one attached hydrogen (secondary N) is 1. The number of halogens is 2. The highest BCUT2D eigenvalue weighted by Gasteiger charge is 2.16. The molecule has 1 fully saturated rings. The van der Waals surface area contributed by atoms with E-state index in [1.807, 2.05) is 12.1 Å². The quantitative estimate of drug-likeness (QED) is 0.832. The summed E-state index contributed by atoms with van der Waals surface area (Å²) in [7, 11) is 2.16. The van der Waals surface area contributed by atoms with Crippen LogP contribution < -0.4 is 11.1 Å². The number of piperidine rings is 1. The topological polar surface area (TPSA) is 58.4 Å². The second-order valence-electron chi connectivity index (χ2n) is 5.38. The Hall–Kier alpha value is -0.970. The largest absolute Gasteiger partial charge is 0.398 e. The molecule has 21 heavy (non-hydrogen) atoms. The average molecular weight is 334 g/mol. The summed E-state index contributed by atoms with van der Waals surface area (Å²) in [6.07, 6.45) is 3.53. The molecular formula is C15H25Cl2N3O. The first-order chi connectivity index (χ1) is 9.16. The summed E-state index contributed by atoms with van der Waals surface area (Å²) in [6.45, 7) is 3.08. The van der Waals surface area contributed by atoms with Crippen LogP contribution in [-0.4, -0.2) is 37.5 Å². The Bertz CT molecular complexity index is 435. The molecule has 2 rings (SSSR count). The molecule has 1 aromatic rings. The summed E-state index contributed by atoms with van der Waals surface area (Å²) in [4.78, 5) is 14.3. The SMILES string of the molecule is CN1CCC(CCNC(=O)c2ccccc2N)CC1.Cl.Cl. The lowest BCUT2D eigenvalue weighted by Crippen LogP contribution is -2.32. The molecule has 1 saturated heterocycles. The molecule has 0 aromatic heterocycles. The molecule has 6 heteroatoms. The lowest BCUT2D eigenvalue weighted by atomic mass is 9.94. The molecule has 120 valence electrons. The number of hydrogen-bond acceptors (Lipinski definition) is 3. The van der Waals surface area contributed by atoms with Gasteiger partial charge in [-0.2, -0.15) is 0 Å². The first kappa shape index (κ1) is 20.0. The van der Waals surface area contributed by atoms with E-state index in [1.165, 1.54) is 25.9 Å². The van der Waals surface area contributed by atoms with Crippen molar-refractivity contribution in [3.63, 3.8) is 0 Å². The molecule has 0 atom stereocenters. The molecule has 3 N–H and O–H groups in total. The van der Waals surface area contributed by atoms with Gasteiger partial charge in [0, 0.05) is 12.2 Å². The number of anilines is 1. The Morgan fingerprint density at radius 1 is 1.29 bits per heavy atom. The molecule has 0 unspecified atom stereocenters. The van der Waals surface area contributed by atoms with Gasteiger partial charge in [0.15, 0.2) is 0 Å². The van der Waals surface area contributed by atoms with E-state index < -0.39 is 0 Å². The number of likely N-dealkylation sites (tertiary alicyclic amines) is 1. The fourth-order valence-corrected chi connectivity index (χ4v) is 2.54. The van der Waals surface area contributed by atoms with Crippen LogP contribution >= 0.6 is 24.8 Å². The third-order valence-electron chi connectivity index (χ3n) is 3.88. The molecule has 1 aliphatic heterocycles. The van der Waals surface area contributed by atoms with Gasteiger partial charge in [-0.05, 0) is 57.5 Å². The second-order valence-corrected chi connectivity index (χ2v) is 5.38. The number of rotatable bonds is 4. The number of amides is 1. The van der Waals surface area contributed by atoms with Crippen LogP contribution in [0.25, 0.3) is 0 Å². The van der Waals surface area contributed by atoms with Crippen LogP contribution in [0.2, 0.25) is 0 Å². The van der Waals surface area contributed by atoms with Crippen LogP contribution in [0.4, 0.5) is 5.69 Å². The third-order valence-corrected chi connectivity index (χ3v) is 3.88. The number of benzene rings is 1. The molecule has 1 heterocycles. The molecule has 4 nitrogen and oxygen atoms in total. The number of nitrogen functional groups attached to an aromatic ring is 1. The minimum Gasteiger partial charge on any atom is -0.398 e. The fourth-order valence-electron chi connectivity index (χ4n) is 2.54.